The first-order valence-corrected chi connectivity index (χ1v) is 9.50. The van der Waals surface area contributed by atoms with Gasteiger partial charge in [-0.2, -0.15) is 21.9 Å². The summed E-state index contributed by atoms with van der Waals surface area (Å²) in [6.07, 6.45) is 2.37. The molecule has 0 aliphatic carbocycles. The summed E-state index contributed by atoms with van der Waals surface area (Å²) >= 11 is 0. The van der Waals surface area contributed by atoms with Gasteiger partial charge in [0.25, 0.3) is 10.1 Å². The van der Waals surface area contributed by atoms with Gasteiger partial charge in [0.2, 0.25) is 0 Å². The SMILES string of the molecule is CC(C)(C)OS(=O)(=O)CCCCc1ccc(C(C)(C)C)cc1.S. The zero-order valence-corrected chi connectivity index (χ0v) is 17.1. The summed E-state index contributed by atoms with van der Waals surface area (Å²) < 4.78 is 28.7. The molecule has 0 fully saturated rings. The van der Waals surface area contributed by atoms with Gasteiger partial charge in [0, 0.05) is 0 Å². The van der Waals surface area contributed by atoms with Crippen molar-refractivity contribution in [1.29, 1.82) is 0 Å². The Morgan fingerprint density at radius 2 is 1.43 bits per heavy atom. The number of benzene rings is 1. The van der Waals surface area contributed by atoms with E-state index in [4.69, 9.17) is 4.18 Å². The van der Waals surface area contributed by atoms with Crippen LogP contribution in [0, 0.1) is 0 Å². The summed E-state index contributed by atoms with van der Waals surface area (Å²) in [6.45, 7) is 11.8. The molecule has 0 amide bonds. The lowest BCUT2D eigenvalue weighted by atomic mass is 9.86. The van der Waals surface area contributed by atoms with Gasteiger partial charge in [-0.25, -0.2) is 0 Å². The van der Waals surface area contributed by atoms with Crippen LogP contribution in [0.2, 0.25) is 0 Å². The van der Waals surface area contributed by atoms with Crippen molar-refractivity contribution in [3.63, 3.8) is 0 Å². The minimum atomic E-state index is -3.42. The normalized spacial score (nSPS) is 12.8. The molecule has 0 heterocycles. The lowest BCUT2D eigenvalue weighted by molar-refractivity contribution is 0.139. The molecular weight excluding hydrogens is 328 g/mol. The van der Waals surface area contributed by atoms with Crippen molar-refractivity contribution >= 4 is 23.6 Å². The zero-order chi connectivity index (χ0) is 17.0. The number of hydrogen-bond donors (Lipinski definition) is 0. The Balaban J connectivity index is 0.00000484. The van der Waals surface area contributed by atoms with Gasteiger partial charge >= 0.3 is 0 Å². The van der Waals surface area contributed by atoms with E-state index < -0.39 is 15.7 Å². The lowest BCUT2D eigenvalue weighted by Crippen LogP contribution is -2.25. The fourth-order valence-corrected chi connectivity index (χ4v) is 3.60. The van der Waals surface area contributed by atoms with Crippen molar-refractivity contribution in [3.05, 3.63) is 35.4 Å². The molecule has 0 aliphatic rings. The molecule has 0 bridgehead atoms. The van der Waals surface area contributed by atoms with E-state index in [0.717, 1.165) is 12.8 Å². The second-order valence-electron chi connectivity index (χ2n) is 7.86. The molecule has 3 nitrogen and oxygen atoms in total. The minimum Gasteiger partial charge on any atom is -0.264 e. The second kappa shape index (κ2) is 8.54. The maximum absolute atomic E-state index is 11.8. The van der Waals surface area contributed by atoms with Crippen LogP contribution in [0.15, 0.2) is 24.3 Å². The fourth-order valence-electron chi connectivity index (χ4n) is 2.20. The molecule has 0 radical (unpaired) electrons. The Hall–Kier alpha value is -0.520. The predicted octanol–water partition coefficient (Wildman–Crippen LogP) is 4.56. The third kappa shape index (κ3) is 9.38. The van der Waals surface area contributed by atoms with Crippen LogP contribution in [0.3, 0.4) is 0 Å². The van der Waals surface area contributed by atoms with Crippen LogP contribution in [-0.4, -0.2) is 19.8 Å². The van der Waals surface area contributed by atoms with Gasteiger partial charge in [-0.3, -0.25) is 4.18 Å². The number of rotatable bonds is 6. The van der Waals surface area contributed by atoms with Crippen molar-refractivity contribution in [1.82, 2.24) is 0 Å². The highest BCUT2D eigenvalue weighted by Gasteiger charge is 2.21. The Bertz CT molecular complexity index is 562. The lowest BCUT2D eigenvalue weighted by Gasteiger charge is -2.19. The molecular formula is C18H32O3S2. The van der Waals surface area contributed by atoms with Crippen molar-refractivity contribution in [3.8, 4) is 0 Å². The van der Waals surface area contributed by atoms with Crippen molar-refractivity contribution in [2.24, 2.45) is 0 Å². The van der Waals surface area contributed by atoms with Crippen molar-refractivity contribution in [2.45, 2.75) is 71.8 Å². The first-order valence-electron chi connectivity index (χ1n) is 7.92. The summed E-state index contributed by atoms with van der Waals surface area (Å²) in [4.78, 5) is 0. The fraction of sp³-hybridized carbons (Fsp3) is 0.667. The molecule has 0 unspecified atom stereocenters. The maximum atomic E-state index is 11.8. The van der Waals surface area contributed by atoms with Gasteiger partial charge in [-0.15, -0.1) is 0 Å². The Labute approximate surface area is 149 Å². The molecule has 134 valence electrons. The van der Waals surface area contributed by atoms with Gasteiger partial charge < -0.3 is 0 Å². The molecule has 0 aromatic heterocycles. The second-order valence-corrected chi connectivity index (χ2v) is 9.55. The Morgan fingerprint density at radius 1 is 0.913 bits per heavy atom. The molecule has 0 N–H and O–H groups in total. The van der Waals surface area contributed by atoms with E-state index in [-0.39, 0.29) is 24.7 Å². The zero-order valence-electron chi connectivity index (χ0n) is 15.3. The molecule has 1 aromatic carbocycles. The van der Waals surface area contributed by atoms with Crippen LogP contribution in [0.25, 0.3) is 0 Å². The minimum absolute atomic E-state index is 0. The van der Waals surface area contributed by atoms with E-state index >= 15 is 0 Å². The predicted molar refractivity (Wildman–Crippen MR) is 103 cm³/mol. The third-order valence-electron chi connectivity index (χ3n) is 3.31. The Kier molecular flexibility index (Phi) is 8.35. The summed E-state index contributed by atoms with van der Waals surface area (Å²) in [7, 11) is -3.42. The first kappa shape index (κ1) is 22.5. The first-order chi connectivity index (χ1) is 9.89. The van der Waals surface area contributed by atoms with E-state index in [1.807, 2.05) is 0 Å². The van der Waals surface area contributed by atoms with E-state index in [0.29, 0.717) is 6.42 Å². The van der Waals surface area contributed by atoms with Crippen molar-refractivity contribution in [2.75, 3.05) is 5.75 Å². The average molecular weight is 361 g/mol. The molecule has 23 heavy (non-hydrogen) atoms. The van der Waals surface area contributed by atoms with Gasteiger partial charge in [0.1, 0.15) is 0 Å². The Morgan fingerprint density at radius 3 is 1.87 bits per heavy atom. The van der Waals surface area contributed by atoms with Gasteiger partial charge in [-0.05, 0) is 56.6 Å². The number of hydrogen-bond acceptors (Lipinski definition) is 3. The van der Waals surface area contributed by atoms with E-state index in [1.165, 1.54) is 11.1 Å². The molecule has 0 aliphatic heterocycles. The van der Waals surface area contributed by atoms with Gasteiger partial charge in [-0.1, -0.05) is 45.0 Å². The summed E-state index contributed by atoms with van der Waals surface area (Å²) in [5, 5.41) is 0. The van der Waals surface area contributed by atoms with Crippen LogP contribution < -0.4 is 0 Å². The number of aryl methyl sites for hydroxylation is 1. The highest BCUT2D eigenvalue weighted by atomic mass is 32.2. The van der Waals surface area contributed by atoms with Gasteiger partial charge in [0.15, 0.2) is 0 Å². The highest BCUT2D eigenvalue weighted by Crippen LogP contribution is 2.22. The van der Waals surface area contributed by atoms with Gasteiger partial charge in [0.05, 0.1) is 11.4 Å². The molecule has 0 atom stereocenters. The van der Waals surface area contributed by atoms with E-state index in [2.05, 4.69) is 45.0 Å². The standard InChI is InChI=1S/C18H30O3S.H2S/c1-17(2,3)16-12-10-15(11-13-16)9-7-8-14-22(19,20)21-18(4,5)6;/h10-13H,7-9,14H2,1-6H3;1H2. The van der Waals surface area contributed by atoms with E-state index in [9.17, 15) is 8.42 Å². The molecule has 0 saturated heterocycles. The maximum Gasteiger partial charge on any atom is 0.267 e. The topological polar surface area (TPSA) is 43.4 Å². The monoisotopic (exact) mass is 360 g/mol. The highest BCUT2D eigenvalue weighted by molar-refractivity contribution is 7.86. The quantitative estimate of drug-likeness (QED) is 0.551. The number of unbranched alkanes of at least 4 members (excludes halogenated alkanes) is 1. The van der Waals surface area contributed by atoms with Crippen LogP contribution in [-0.2, 0) is 26.1 Å². The summed E-state index contributed by atoms with van der Waals surface area (Å²) in [6, 6.07) is 8.60. The largest absolute Gasteiger partial charge is 0.267 e. The van der Waals surface area contributed by atoms with Crippen molar-refractivity contribution < 1.29 is 12.6 Å². The van der Waals surface area contributed by atoms with Crippen LogP contribution in [0.5, 0.6) is 0 Å². The van der Waals surface area contributed by atoms with Crippen LogP contribution in [0.1, 0.15) is 65.5 Å². The molecule has 1 aromatic rings. The van der Waals surface area contributed by atoms with Crippen LogP contribution >= 0.6 is 13.5 Å². The summed E-state index contributed by atoms with van der Waals surface area (Å²) in [5.41, 5.74) is 2.08. The molecule has 0 spiro atoms. The average Bonchev–Trinajstić information content (AvgIpc) is 2.31. The molecule has 0 saturated carbocycles. The van der Waals surface area contributed by atoms with Crippen LogP contribution in [0.4, 0.5) is 0 Å². The smallest absolute Gasteiger partial charge is 0.264 e. The summed E-state index contributed by atoms with van der Waals surface area (Å²) in [5.74, 6) is 0.0876. The molecule has 5 heteroatoms. The third-order valence-corrected chi connectivity index (χ3v) is 4.85. The van der Waals surface area contributed by atoms with E-state index in [1.54, 1.807) is 20.8 Å². The molecule has 1 rings (SSSR count).